The van der Waals surface area contributed by atoms with Crippen LogP contribution in [0, 0.1) is 25.7 Å². The van der Waals surface area contributed by atoms with Gasteiger partial charge in [0.15, 0.2) is 12.4 Å². The normalized spacial score (nSPS) is 20.6. The highest BCUT2D eigenvalue weighted by molar-refractivity contribution is 6.04. The second kappa shape index (κ2) is 5.23. The van der Waals surface area contributed by atoms with Crippen LogP contribution in [-0.2, 0) is 9.53 Å². The maximum absolute atomic E-state index is 12.1. The second-order valence-electron chi connectivity index (χ2n) is 5.53. The summed E-state index contributed by atoms with van der Waals surface area (Å²) in [6.07, 6.45) is 0.835. The molecule has 5 nitrogen and oxygen atoms in total. The van der Waals surface area contributed by atoms with Crippen LogP contribution in [0.2, 0.25) is 0 Å². The van der Waals surface area contributed by atoms with E-state index in [9.17, 15) is 14.4 Å². The molecule has 2 rings (SSSR count). The van der Waals surface area contributed by atoms with Crippen molar-refractivity contribution in [2.75, 3.05) is 6.61 Å². The molecule has 0 bridgehead atoms. The maximum Gasteiger partial charge on any atom is 0.309 e. The number of nitrogens with one attached hydrogen (secondary N) is 1. The molecule has 2 atom stereocenters. The predicted molar refractivity (Wildman–Crippen MR) is 72.8 cm³/mol. The van der Waals surface area contributed by atoms with Crippen molar-refractivity contribution in [2.45, 2.75) is 34.1 Å². The molecule has 1 aromatic rings. The molecule has 0 aromatic carbocycles. The number of aromatic nitrogens is 1. The van der Waals surface area contributed by atoms with Crippen LogP contribution in [0.3, 0.4) is 0 Å². The highest BCUT2D eigenvalue weighted by Crippen LogP contribution is 2.38. The summed E-state index contributed by atoms with van der Waals surface area (Å²) in [4.78, 5) is 38.1. The molecule has 5 heteroatoms. The van der Waals surface area contributed by atoms with E-state index in [4.69, 9.17) is 4.74 Å². The Morgan fingerprint density at radius 1 is 1.30 bits per heavy atom. The standard InChI is InChI=1S/C15H19NO4/c1-7-5-11(7)15(19)20-6-12(18)14-8(2)13(10(4)17)9(3)16-14/h7,11,16H,5-6H2,1-4H3/t7-,11+/m1/s1. The number of rotatable bonds is 5. The van der Waals surface area contributed by atoms with E-state index in [1.807, 2.05) is 6.92 Å². The fraction of sp³-hybridized carbons (Fsp3) is 0.533. The van der Waals surface area contributed by atoms with Crippen LogP contribution < -0.4 is 0 Å². The van der Waals surface area contributed by atoms with Gasteiger partial charge in [-0.2, -0.15) is 0 Å². The van der Waals surface area contributed by atoms with Gasteiger partial charge in [0, 0.05) is 11.3 Å². The van der Waals surface area contributed by atoms with E-state index in [1.54, 1.807) is 13.8 Å². The third-order valence-corrected chi connectivity index (χ3v) is 3.83. The number of ether oxygens (including phenoxy) is 1. The topological polar surface area (TPSA) is 76.2 Å². The zero-order valence-corrected chi connectivity index (χ0v) is 12.2. The van der Waals surface area contributed by atoms with Crippen molar-refractivity contribution in [3.05, 3.63) is 22.5 Å². The molecule has 1 N–H and O–H groups in total. The predicted octanol–water partition coefficient (Wildman–Crippen LogP) is 2.22. The van der Waals surface area contributed by atoms with E-state index < -0.39 is 0 Å². The molecular weight excluding hydrogens is 258 g/mol. The number of carbonyl (C=O) groups is 3. The minimum atomic E-state index is -0.307. The van der Waals surface area contributed by atoms with E-state index in [-0.39, 0.29) is 30.1 Å². The Bertz CT molecular complexity index is 585. The summed E-state index contributed by atoms with van der Waals surface area (Å²) in [5.74, 6) is -0.393. The van der Waals surface area contributed by atoms with Crippen LogP contribution in [0.1, 0.15) is 52.4 Å². The van der Waals surface area contributed by atoms with Crippen molar-refractivity contribution in [2.24, 2.45) is 11.8 Å². The quantitative estimate of drug-likeness (QED) is 0.661. The van der Waals surface area contributed by atoms with Crippen LogP contribution in [0.15, 0.2) is 0 Å². The third kappa shape index (κ3) is 2.66. The number of aryl methyl sites for hydroxylation is 1. The van der Waals surface area contributed by atoms with E-state index in [0.717, 1.165) is 6.42 Å². The van der Waals surface area contributed by atoms with Gasteiger partial charge in [-0.1, -0.05) is 6.92 Å². The van der Waals surface area contributed by atoms with Crippen LogP contribution in [0.25, 0.3) is 0 Å². The van der Waals surface area contributed by atoms with Crippen LogP contribution in [0.4, 0.5) is 0 Å². The van der Waals surface area contributed by atoms with E-state index in [2.05, 4.69) is 4.98 Å². The fourth-order valence-electron chi connectivity index (χ4n) is 2.52. The number of hydrogen-bond donors (Lipinski definition) is 1. The monoisotopic (exact) mass is 277 g/mol. The summed E-state index contributed by atoms with van der Waals surface area (Å²) >= 11 is 0. The number of aromatic amines is 1. The molecule has 20 heavy (non-hydrogen) atoms. The van der Waals surface area contributed by atoms with Gasteiger partial charge in [-0.3, -0.25) is 14.4 Å². The lowest BCUT2D eigenvalue weighted by Crippen LogP contribution is -2.16. The first-order valence-corrected chi connectivity index (χ1v) is 6.72. The lowest BCUT2D eigenvalue weighted by molar-refractivity contribution is -0.144. The van der Waals surface area contributed by atoms with E-state index in [1.165, 1.54) is 6.92 Å². The number of H-pyrrole nitrogens is 1. The van der Waals surface area contributed by atoms with Crippen molar-refractivity contribution in [3.8, 4) is 0 Å². The number of carbonyl (C=O) groups excluding carboxylic acids is 3. The molecule has 0 amide bonds. The average Bonchev–Trinajstić information content (AvgIpc) is 3.01. The first kappa shape index (κ1) is 14.5. The van der Waals surface area contributed by atoms with Gasteiger partial charge in [0.1, 0.15) is 0 Å². The van der Waals surface area contributed by atoms with Gasteiger partial charge in [-0.15, -0.1) is 0 Å². The number of ketones is 2. The molecule has 0 spiro atoms. The van der Waals surface area contributed by atoms with Gasteiger partial charge in [0.25, 0.3) is 0 Å². The van der Waals surface area contributed by atoms with Gasteiger partial charge < -0.3 is 9.72 Å². The van der Waals surface area contributed by atoms with E-state index in [0.29, 0.717) is 28.4 Å². The Morgan fingerprint density at radius 2 is 1.90 bits per heavy atom. The molecule has 0 unspecified atom stereocenters. The summed E-state index contributed by atoms with van der Waals surface area (Å²) in [6, 6.07) is 0. The minimum absolute atomic E-state index is 0.0537. The Hall–Kier alpha value is -1.91. The van der Waals surface area contributed by atoms with Crippen molar-refractivity contribution >= 4 is 17.5 Å². The number of Topliss-reactive ketones (excluding diaryl/α,β-unsaturated/α-hetero) is 2. The Balaban J connectivity index is 2.04. The van der Waals surface area contributed by atoms with Gasteiger partial charge in [-0.05, 0) is 38.7 Å². The molecule has 1 fully saturated rings. The van der Waals surface area contributed by atoms with Crippen LogP contribution >= 0.6 is 0 Å². The summed E-state index contributed by atoms with van der Waals surface area (Å²) in [6.45, 7) is 6.63. The van der Waals surface area contributed by atoms with Crippen molar-refractivity contribution in [1.82, 2.24) is 4.98 Å². The zero-order chi connectivity index (χ0) is 15.0. The SMILES string of the molecule is CC(=O)c1c(C)[nH]c(C(=O)COC(=O)[C@H]2C[C@H]2C)c1C. The molecule has 1 aliphatic carbocycles. The Morgan fingerprint density at radius 3 is 2.35 bits per heavy atom. The maximum atomic E-state index is 12.1. The summed E-state index contributed by atoms with van der Waals surface area (Å²) in [7, 11) is 0. The van der Waals surface area contributed by atoms with Crippen molar-refractivity contribution < 1.29 is 19.1 Å². The fourth-order valence-corrected chi connectivity index (χ4v) is 2.52. The molecule has 1 heterocycles. The van der Waals surface area contributed by atoms with Gasteiger partial charge in [-0.25, -0.2) is 0 Å². The summed E-state index contributed by atoms with van der Waals surface area (Å²) < 4.78 is 5.02. The Kier molecular flexibility index (Phi) is 3.79. The highest BCUT2D eigenvalue weighted by Gasteiger charge is 2.40. The van der Waals surface area contributed by atoms with Crippen LogP contribution in [-0.4, -0.2) is 29.1 Å². The smallest absolute Gasteiger partial charge is 0.309 e. The number of esters is 1. The molecule has 0 saturated heterocycles. The zero-order valence-electron chi connectivity index (χ0n) is 12.2. The lowest BCUT2D eigenvalue weighted by Gasteiger charge is -2.03. The first-order chi connectivity index (χ1) is 9.32. The molecule has 0 radical (unpaired) electrons. The van der Waals surface area contributed by atoms with Gasteiger partial charge >= 0.3 is 5.97 Å². The molecule has 0 aliphatic heterocycles. The van der Waals surface area contributed by atoms with Crippen molar-refractivity contribution in [3.63, 3.8) is 0 Å². The summed E-state index contributed by atoms with van der Waals surface area (Å²) in [5.41, 5.74) is 2.18. The molecule has 1 aromatic heterocycles. The molecule has 1 aliphatic rings. The van der Waals surface area contributed by atoms with E-state index >= 15 is 0 Å². The van der Waals surface area contributed by atoms with Crippen molar-refractivity contribution in [1.29, 1.82) is 0 Å². The van der Waals surface area contributed by atoms with Gasteiger partial charge in [0.2, 0.25) is 5.78 Å². The second-order valence-corrected chi connectivity index (χ2v) is 5.53. The summed E-state index contributed by atoms with van der Waals surface area (Å²) in [5, 5.41) is 0. The largest absolute Gasteiger partial charge is 0.457 e. The lowest BCUT2D eigenvalue weighted by atomic mass is 10.1. The third-order valence-electron chi connectivity index (χ3n) is 3.83. The molecule has 1 saturated carbocycles. The highest BCUT2D eigenvalue weighted by atomic mass is 16.5. The average molecular weight is 277 g/mol. The minimum Gasteiger partial charge on any atom is -0.457 e. The first-order valence-electron chi connectivity index (χ1n) is 6.72. The van der Waals surface area contributed by atoms with Crippen LogP contribution in [0.5, 0.6) is 0 Å². The molecule has 108 valence electrons. The Labute approximate surface area is 117 Å². The van der Waals surface area contributed by atoms with Gasteiger partial charge in [0.05, 0.1) is 11.6 Å². The molecular formula is C15H19NO4. The number of hydrogen-bond acceptors (Lipinski definition) is 4.